The third-order valence-electron chi connectivity index (χ3n) is 3.52. The van der Waals surface area contributed by atoms with E-state index in [4.69, 9.17) is 5.26 Å². The van der Waals surface area contributed by atoms with Crippen molar-refractivity contribution >= 4 is 17.7 Å². The Hall–Kier alpha value is -3.12. The summed E-state index contributed by atoms with van der Waals surface area (Å²) in [4.78, 5) is 12.4. The van der Waals surface area contributed by atoms with Gasteiger partial charge in [-0.25, -0.2) is 0 Å². The summed E-state index contributed by atoms with van der Waals surface area (Å²) in [5.41, 5.74) is 4.02. The zero-order valence-electron chi connectivity index (χ0n) is 11.9. The molecule has 0 aromatic heterocycles. The van der Waals surface area contributed by atoms with Crippen LogP contribution in [0.2, 0.25) is 0 Å². The number of allylic oxidation sites excluding steroid dienone is 3. The number of nitriles is 1. The van der Waals surface area contributed by atoms with E-state index in [1.54, 1.807) is 24.3 Å². The van der Waals surface area contributed by atoms with Crippen molar-refractivity contribution in [3.05, 3.63) is 82.9 Å². The Morgan fingerprint density at radius 1 is 1.14 bits per heavy atom. The van der Waals surface area contributed by atoms with E-state index in [2.05, 4.69) is 17.5 Å². The van der Waals surface area contributed by atoms with Gasteiger partial charge in [0, 0.05) is 11.3 Å². The first-order valence-electron chi connectivity index (χ1n) is 7.04. The van der Waals surface area contributed by atoms with E-state index in [1.165, 1.54) is 0 Å². The number of anilines is 1. The molecule has 0 aliphatic heterocycles. The van der Waals surface area contributed by atoms with Gasteiger partial charge in [-0.2, -0.15) is 5.26 Å². The van der Waals surface area contributed by atoms with Crippen molar-refractivity contribution in [1.29, 1.82) is 5.26 Å². The first-order valence-corrected chi connectivity index (χ1v) is 7.04. The summed E-state index contributed by atoms with van der Waals surface area (Å²) in [5, 5.41) is 11.7. The van der Waals surface area contributed by atoms with E-state index < -0.39 is 0 Å². The van der Waals surface area contributed by atoms with Crippen LogP contribution in [0.5, 0.6) is 0 Å². The van der Waals surface area contributed by atoms with Crippen molar-refractivity contribution in [3.63, 3.8) is 0 Å². The molecule has 0 saturated carbocycles. The monoisotopic (exact) mass is 286 g/mol. The fourth-order valence-corrected chi connectivity index (χ4v) is 2.39. The standard InChI is InChI=1S/C19H14N2O/c20-13-14-5-4-8-18(11-14)21-19(22)17-10-9-15-6-2-1-3-7-16(15)12-17/h1-6,8-12H,7H2,(H,21,22). The highest BCUT2D eigenvalue weighted by Crippen LogP contribution is 2.19. The molecular weight excluding hydrogens is 272 g/mol. The lowest BCUT2D eigenvalue weighted by Crippen LogP contribution is -2.12. The summed E-state index contributed by atoms with van der Waals surface area (Å²) < 4.78 is 0. The lowest BCUT2D eigenvalue weighted by Gasteiger charge is -2.08. The van der Waals surface area contributed by atoms with Crippen molar-refractivity contribution in [2.75, 3.05) is 5.32 Å². The molecule has 3 rings (SSSR count). The smallest absolute Gasteiger partial charge is 0.255 e. The van der Waals surface area contributed by atoms with Crippen LogP contribution in [0.1, 0.15) is 27.0 Å². The van der Waals surface area contributed by atoms with Gasteiger partial charge in [0.25, 0.3) is 5.91 Å². The Labute approximate surface area is 129 Å². The van der Waals surface area contributed by atoms with Gasteiger partial charge in [-0.1, -0.05) is 36.4 Å². The van der Waals surface area contributed by atoms with Crippen LogP contribution in [-0.2, 0) is 6.42 Å². The average Bonchev–Trinajstić information content (AvgIpc) is 2.79. The number of nitrogens with one attached hydrogen (secondary N) is 1. The fourth-order valence-electron chi connectivity index (χ4n) is 2.39. The van der Waals surface area contributed by atoms with Crippen molar-refractivity contribution in [3.8, 4) is 6.07 Å². The van der Waals surface area contributed by atoms with Crippen LogP contribution >= 0.6 is 0 Å². The first-order chi connectivity index (χ1) is 10.8. The van der Waals surface area contributed by atoms with Gasteiger partial charge in [0.15, 0.2) is 0 Å². The molecule has 0 fully saturated rings. The Bertz CT molecular complexity index is 826. The third-order valence-corrected chi connectivity index (χ3v) is 3.52. The fraction of sp³-hybridized carbons (Fsp3) is 0.0526. The van der Waals surface area contributed by atoms with Crippen LogP contribution in [0, 0.1) is 11.3 Å². The van der Waals surface area contributed by atoms with Gasteiger partial charge >= 0.3 is 0 Å². The number of hydrogen-bond acceptors (Lipinski definition) is 2. The van der Waals surface area contributed by atoms with Gasteiger partial charge in [-0.3, -0.25) is 4.79 Å². The molecule has 0 heterocycles. The number of rotatable bonds is 2. The number of nitrogens with zero attached hydrogens (tertiary/aromatic N) is 1. The molecule has 3 heteroatoms. The highest BCUT2D eigenvalue weighted by atomic mass is 16.1. The predicted octanol–water partition coefficient (Wildman–Crippen LogP) is 3.94. The Kier molecular flexibility index (Phi) is 3.84. The summed E-state index contributed by atoms with van der Waals surface area (Å²) in [6.45, 7) is 0. The summed E-state index contributed by atoms with van der Waals surface area (Å²) in [5.74, 6) is -0.171. The van der Waals surface area contributed by atoms with Crippen molar-refractivity contribution in [2.24, 2.45) is 0 Å². The maximum absolute atomic E-state index is 12.4. The van der Waals surface area contributed by atoms with E-state index in [9.17, 15) is 4.79 Å². The van der Waals surface area contributed by atoms with Crippen molar-refractivity contribution < 1.29 is 4.79 Å². The minimum Gasteiger partial charge on any atom is -0.322 e. The highest BCUT2D eigenvalue weighted by Gasteiger charge is 2.09. The zero-order chi connectivity index (χ0) is 15.4. The number of hydrogen-bond donors (Lipinski definition) is 1. The van der Waals surface area contributed by atoms with Crippen LogP contribution in [0.25, 0.3) is 6.08 Å². The van der Waals surface area contributed by atoms with Gasteiger partial charge in [-0.05, 0) is 47.9 Å². The van der Waals surface area contributed by atoms with Gasteiger partial charge in [0.1, 0.15) is 0 Å². The molecule has 0 saturated heterocycles. The van der Waals surface area contributed by atoms with Crippen LogP contribution in [-0.4, -0.2) is 5.91 Å². The topological polar surface area (TPSA) is 52.9 Å². The van der Waals surface area contributed by atoms with E-state index >= 15 is 0 Å². The third kappa shape index (κ3) is 2.97. The number of benzene rings is 2. The van der Waals surface area contributed by atoms with Crippen LogP contribution in [0.4, 0.5) is 5.69 Å². The molecule has 0 radical (unpaired) electrons. The Morgan fingerprint density at radius 3 is 2.91 bits per heavy atom. The minimum atomic E-state index is -0.171. The summed E-state index contributed by atoms with van der Waals surface area (Å²) in [6, 6.07) is 14.6. The summed E-state index contributed by atoms with van der Waals surface area (Å²) >= 11 is 0. The molecular formula is C19H14N2O. The molecule has 1 N–H and O–H groups in total. The summed E-state index contributed by atoms with van der Waals surface area (Å²) in [6.07, 6.45) is 8.93. The molecule has 0 spiro atoms. The molecule has 2 aromatic rings. The second kappa shape index (κ2) is 6.11. The summed E-state index contributed by atoms with van der Waals surface area (Å²) in [7, 11) is 0. The molecule has 3 nitrogen and oxygen atoms in total. The second-order valence-corrected chi connectivity index (χ2v) is 5.05. The zero-order valence-corrected chi connectivity index (χ0v) is 11.9. The van der Waals surface area contributed by atoms with Crippen LogP contribution in [0.15, 0.2) is 60.7 Å². The van der Waals surface area contributed by atoms with E-state index in [1.807, 2.05) is 36.4 Å². The van der Waals surface area contributed by atoms with Gasteiger partial charge in [0.05, 0.1) is 11.6 Å². The van der Waals surface area contributed by atoms with E-state index in [-0.39, 0.29) is 5.91 Å². The average molecular weight is 286 g/mol. The molecule has 22 heavy (non-hydrogen) atoms. The second-order valence-electron chi connectivity index (χ2n) is 5.05. The number of amides is 1. The molecule has 0 atom stereocenters. The molecule has 1 aliphatic rings. The normalized spacial score (nSPS) is 12.1. The number of fused-ring (bicyclic) bond motifs is 1. The first kappa shape index (κ1) is 13.8. The predicted molar refractivity (Wildman–Crippen MR) is 87.4 cm³/mol. The van der Waals surface area contributed by atoms with Crippen LogP contribution in [0.3, 0.4) is 0 Å². The van der Waals surface area contributed by atoms with Crippen molar-refractivity contribution in [1.82, 2.24) is 0 Å². The van der Waals surface area contributed by atoms with E-state index in [0.29, 0.717) is 16.8 Å². The molecule has 1 amide bonds. The molecule has 0 unspecified atom stereocenters. The lowest BCUT2D eigenvalue weighted by molar-refractivity contribution is 0.102. The lowest BCUT2D eigenvalue weighted by atomic mass is 10.0. The van der Waals surface area contributed by atoms with Gasteiger partial charge < -0.3 is 5.32 Å². The van der Waals surface area contributed by atoms with Gasteiger partial charge in [0.2, 0.25) is 0 Å². The minimum absolute atomic E-state index is 0.171. The van der Waals surface area contributed by atoms with Gasteiger partial charge in [-0.15, -0.1) is 0 Å². The quantitative estimate of drug-likeness (QED) is 0.909. The number of carbonyl (C=O) groups excluding carboxylic acids is 1. The van der Waals surface area contributed by atoms with Crippen LogP contribution < -0.4 is 5.32 Å². The Balaban J connectivity index is 1.83. The SMILES string of the molecule is N#Cc1cccc(NC(=O)c2ccc3c(c2)CC=CC=C3)c1. The molecule has 2 aromatic carbocycles. The van der Waals surface area contributed by atoms with Crippen molar-refractivity contribution in [2.45, 2.75) is 6.42 Å². The molecule has 0 bridgehead atoms. The maximum Gasteiger partial charge on any atom is 0.255 e. The van der Waals surface area contributed by atoms with E-state index in [0.717, 1.165) is 17.5 Å². The maximum atomic E-state index is 12.4. The molecule has 1 aliphatic carbocycles. The highest BCUT2D eigenvalue weighted by molar-refractivity contribution is 6.04. The molecule has 106 valence electrons. The Morgan fingerprint density at radius 2 is 2.05 bits per heavy atom. The largest absolute Gasteiger partial charge is 0.322 e. The number of carbonyl (C=O) groups is 1.